The summed E-state index contributed by atoms with van der Waals surface area (Å²) in [6.45, 7) is 6.73. The minimum atomic E-state index is 0.414. The third-order valence-electron chi connectivity index (χ3n) is 2.63. The van der Waals surface area contributed by atoms with Gasteiger partial charge in [0.05, 0.1) is 12.3 Å². The van der Waals surface area contributed by atoms with Crippen molar-refractivity contribution in [2.24, 2.45) is 5.92 Å². The second kappa shape index (κ2) is 6.28. The largest absolute Gasteiger partial charge is 0.476 e. The molecule has 0 spiro atoms. The predicted octanol–water partition coefficient (Wildman–Crippen LogP) is 3.80. The molecule has 2 N–H and O–H groups in total. The van der Waals surface area contributed by atoms with Crippen molar-refractivity contribution in [1.82, 2.24) is 4.98 Å². The van der Waals surface area contributed by atoms with E-state index in [0.29, 0.717) is 30.0 Å². The van der Waals surface area contributed by atoms with Crippen LogP contribution in [0.1, 0.15) is 19.4 Å². The van der Waals surface area contributed by atoms with Crippen molar-refractivity contribution in [3.63, 3.8) is 0 Å². The lowest BCUT2D eigenvalue weighted by Crippen LogP contribution is -2.07. The molecule has 0 aliphatic carbocycles. The third kappa shape index (κ3) is 3.88. The van der Waals surface area contributed by atoms with Crippen LogP contribution >= 0.6 is 0 Å². The Balaban J connectivity index is 2.14. The van der Waals surface area contributed by atoms with Gasteiger partial charge in [0, 0.05) is 6.07 Å². The monoisotopic (exact) mass is 272 g/mol. The van der Waals surface area contributed by atoms with Crippen LogP contribution in [-0.4, -0.2) is 11.6 Å². The second-order valence-electron chi connectivity index (χ2n) is 5.17. The Bertz CT molecular complexity index is 582. The highest BCUT2D eigenvalue weighted by Crippen LogP contribution is 2.26. The molecule has 2 rings (SSSR count). The van der Waals surface area contributed by atoms with Crippen molar-refractivity contribution < 1.29 is 9.47 Å². The van der Waals surface area contributed by atoms with Crippen molar-refractivity contribution >= 4 is 5.69 Å². The third-order valence-corrected chi connectivity index (χ3v) is 2.63. The summed E-state index contributed by atoms with van der Waals surface area (Å²) in [6, 6.07) is 11.3. The van der Waals surface area contributed by atoms with Crippen LogP contribution in [-0.2, 0) is 0 Å². The van der Waals surface area contributed by atoms with E-state index in [9.17, 15) is 0 Å². The maximum atomic E-state index is 5.85. The first-order valence-corrected chi connectivity index (χ1v) is 6.68. The van der Waals surface area contributed by atoms with Gasteiger partial charge in [0.2, 0.25) is 11.8 Å². The van der Waals surface area contributed by atoms with Crippen LogP contribution in [0.3, 0.4) is 0 Å². The molecule has 4 nitrogen and oxygen atoms in total. The highest BCUT2D eigenvalue weighted by Gasteiger charge is 2.07. The van der Waals surface area contributed by atoms with Gasteiger partial charge < -0.3 is 15.2 Å². The maximum Gasteiger partial charge on any atom is 0.240 e. The average Bonchev–Trinajstić information content (AvgIpc) is 2.39. The summed E-state index contributed by atoms with van der Waals surface area (Å²) in [7, 11) is 0. The number of aromatic nitrogens is 1. The Labute approximate surface area is 119 Å². The number of anilines is 1. The molecule has 1 aromatic carbocycles. The molecule has 2 aromatic rings. The number of hydrogen-bond donors (Lipinski definition) is 1. The molecule has 106 valence electrons. The minimum Gasteiger partial charge on any atom is -0.476 e. The molecule has 0 saturated carbocycles. The normalized spacial score (nSPS) is 10.6. The molecular formula is C16H20N2O2. The number of pyridine rings is 1. The molecule has 0 saturated heterocycles. The minimum absolute atomic E-state index is 0.414. The van der Waals surface area contributed by atoms with E-state index in [4.69, 9.17) is 15.2 Å². The lowest BCUT2D eigenvalue weighted by Gasteiger charge is -2.11. The van der Waals surface area contributed by atoms with Gasteiger partial charge in [-0.3, -0.25) is 0 Å². The fraction of sp³-hybridized carbons (Fsp3) is 0.312. The number of hydrogen-bond acceptors (Lipinski definition) is 4. The summed E-state index contributed by atoms with van der Waals surface area (Å²) in [5, 5.41) is 0. The number of rotatable bonds is 5. The van der Waals surface area contributed by atoms with Gasteiger partial charge in [-0.25, -0.2) is 0 Å². The molecule has 1 aromatic heterocycles. The number of nitrogens with two attached hydrogens (primary N) is 1. The summed E-state index contributed by atoms with van der Waals surface area (Å²) in [5.74, 6) is 2.06. The molecule has 0 unspecified atom stereocenters. The van der Waals surface area contributed by atoms with Crippen molar-refractivity contribution in [3.05, 3.63) is 42.0 Å². The highest BCUT2D eigenvalue weighted by molar-refractivity contribution is 5.49. The van der Waals surface area contributed by atoms with Crippen molar-refractivity contribution in [3.8, 4) is 17.5 Å². The predicted molar refractivity (Wildman–Crippen MR) is 80.2 cm³/mol. The van der Waals surface area contributed by atoms with Gasteiger partial charge in [-0.15, -0.1) is 0 Å². The first-order chi connectivity index (χ1) is 9.54. The fourth-order valence-corrected chi connectivity index (χ4v) is 1.65. The second-order valence-corrected chi connectivity index (χ2v) is 5.17. The number of nitrogen functional groups attached to an aromatic ring is 1. The number of nitrogens with zero attached hydrogens (tertiary/aromatic N) is 1. The molecule has 0 aliphatic rings. The lowest BCUT2D eigenvalue weighted by atomic mass is 10.2. The van der Waals surface area contributed by atoms with E-state index in [1.807, 2.05) is 31.2 Å². The van der Waals surface area contributed by atoms with Crippen molar-refractivity contribution in [1.29, 1.82) is 0 Å². The van der Waals surface area contributed by atoms with Crippen LogP contribution in [0.25, 0.3) is 0 Å². The molecule has 1 heterocycles. The SMILES string of the molecule is Cc1cccc(Oc2ccc(N)c(OCC(C)C)n2)c1. The number of aryl methyl sites for hydroxylation is 1. The van der Waals surface area contributed by atoms with Gasteiger partial charge in [-0.1, -0.05) is 26.0 Å². The lowest BCUT2D eigenvalue weighted by molar-refractivity contribution is 0.260. The average molecular weight is 272 g/mol. The smallest absolute Gasteiger partial charge is 0.240 e. The quantitative estimate of drug-likeness (QED) is 0.899. The van der Waals surface area contributed by atoms with Gasteiger partial charge >= 0.3 is 0 Å². The molecule has 4 heteroatoms. The van der Waals surface area contributed by atoms with E-state index in [1.165, 1.54) is 0 Å². The van der Waals surface area contributed by atoms with Crippen LogP contribution in [0.4, 0.5) is 5.69 Å². The zero-order chi connectivity index (χ0) is 14.5. The molecule has 20 heavy (non-hydrogen) atoms. The van der Waals surface area contributed by atoms with Crippen molar-refractivity contribution in [2.75, 3.05) is 12.3 Å². The molecule has 0 atom stereocenters. The Morgan fingerprint density at radius 2 is 2.00 bits per heavy atom. The first-order valence-electron chi connectivity index (χ1n) is 6.68. The number of benzene rings is 1. The van der Waals surface area contributed by atoms with Gasteiger partial charge in [0.1, 0.15) is 5.75 Å². The van der Waals surface area contributed by atoms with Gasteiger partial charge in [-0.2, -0.15) is 4.98 Å². The Morgan fingerprint density at radius 1 is 1.20 bits per heavy atom. The topological polar surface area (TPSA) is 57.4 Å². The first kappa shape index (κ1) is 14.2. The van der Waals surface area contributed by atoms with Crippen LogP contribution in [0.2, 0.25) is 0 Å². The van der Waals surface area contributed by atoms with Crippen molar-refractivity contribution in [2.45, 2.75) is 20.8 Å². The maximum absolute atomic E-state index is 5.85. The summed E-state index contributed by atoms with van der Waals surface area (Å²) in [4.78, 5) is 4.30. The van der Waals surface area contributed by atoms with E-state index >= 15 is 0 Å². The van der Waals surface area contributed by atoms with E-state index in [0.717, 1.165) is 11.3 Å². The van der Waals surface area contributed by atoms with Crippen LogP contribution in [0.15, 0.2) is 36.4 Å². The Morgan fingerprint density at radius 3 is 2.70 bits per heavy atom. The van der Waals surface area contributed by atoms with Crippen LogP contribution in [0.5, 0.6) is 17.5 Å². The summed E-state index contributed by atoms with van der Waals surface area (Å²) in [6.07, 6.45) is 0. The molecule has 0 fully saturated rings. The summed E-state index contributed by atoms with van der Waals surface area (Å²) < 4.78 is 11.3. The molecule has 0 radical (unpaired) electrons. The number of ether oxygens (including phenoxy) is 2. The summed E-state index contributed by atoms with van der Waals surface area (Å²) in [5.41, 5.74) is 7.50. The zero-order valence-electron chi connectivity index (χ0n) is 12.1. The van der Waals surface area contributed by atoms with E-state index in [2.05, 4.69) is 18.8 Å². The van der Waals surface area contributed by atoms with Gasteiger partial charge in [0.15, 0.2) is 0 Å². The van der Waals surface area contributed by atoms with Gasteiger partial charge in [-0.05, 0) is 36.6 Å². The Hall–Kier alpha value is -2.23. The molecule has 0 aliphatic heterocycles. The van der Waals surface area contributed by atoms with Crippen LogP contribution in [0, 0.1) is 12.8 Å². The Kier molecular flexibility index (Phi) is 4.45. The molecular weight excluding hydrogens is 252 g/mol. The van der Waals surface area contributed by atoms with E-state index in [-0.39, 0.29) is 0 Å². The zero-order valence-corrected chi connectivity index (χ0v) is 12.1. The summed E-state index contributed by atoms with van der Waals surface area (Å²) >= 11 is 0. The van der Waals surface area contributed by atoms with Gasteiger partial charge in [0.25, 0.3) is 0 Å². The van der Waals surface area contributed by atoms with E-state index < -0.39 is 0 Å². The fourth-order valence-electron chi connectivity index (χ4n) is 1.65. The van der Waals surface area contributed by atoms with E-state index in [1.54, 1.807) is 12.1 Å². The standard InChI is InChI=1S/C16H20N2O2/c1-11(2)10-19-16-14(17)7-8-15(18-16)20-13-6-4-5-12(3)9-13/h4-9,11H,10,17H2,1-3H3. The highest BCUT2D eigenvalue weighted by atomic mass is 16.5. The molecule has 0 amide bonds. The molecule has 0 bridgehead atoms. The van der Waals surface area contributed by atoms with Crippen LogP contribution < -0.4 is 15.2 Å².